The minimum Gasteiger partial charge on any atom is -0.377 e. The third-order valence-electron chi connectivity index (χ3n) is 2.84. The molecule has 0 N–H and O–H groups in total. The van der Waals surface area contributed by atoms with Crippen LogP contribution in [0.4, 0.5) is 0 Å². The maximum Gasteiger partial charge on any atom is 0.381 e. The molecule has 0 aromatic heterocycles. The Morgan fingerprint density at radius 1 is 1.42 bits per heavy atom. The molecule has 100 valence electrons. The summed E-state index contributed by atoms with van der Waals surface area (Å²) in [5, 5.41) is 7.43. The quantitative estimate of drug-likeness (QED) is 0.476. The maximum atomic E-state index is 11.8. The van der Waals surface area contributed by atoms with Crippen LogP contribution >= 0.6 is 0 Å². The van der Waals surface area contributed by atoms with E-state index in [1.807, 2.05) is 31.2 Å². The van der Waals surface area contributed by atoms with Crippen LogP contribution in [-0.4, -0.2) is 23.5 Å². The number of hydrogen-bond donors (Lipinski definition) is 0. The van der Waals surface area contributed by atoms with E-state index in [1.165, 1.54) is 6.21 Å². The summed E-state index contributed by atoms with van der Waals surface area (Å²) in [7, 11) is 0. The van der Waals surface area contributed by atoms with Crippen LogP contribution in [0, 0.1) is 6.92 Å². The third kappa shape index (κ3) is 3.19. The van der Waals surface area contributed by atoms with Crippen LogP contribution in [-0.2, 0) is 14.5 Å². The first kappa shape index (κ1) is 13.3. The van der Waals surface area contributed by atoms with Crippen molar-refractivity contribution in [1.82, 2.24) is 0 Å². The van der Waals surface area contributed by atoms with E-state index in [0.29, 0.717) is 6.42 Å². The number of rotatable bonds is 3. The first-order valence-electron chi connectivity index (χ1n) is 6.03. The van der Waals surface area contributed by atoms with Crippen molar-refractivity contribution in [3.05, 3.63) is 35.4 Å². The highest BCUT2D eigenvalue weighted by molar-refractivity contribution is 5.92. The molecule has 1 aromatic rings. The predicted molar refractivity (Wildman–Crippen MR) is 72.1 cm³/mol. The minimum atomic E-state index is -1.06. The average molecular weight is 260 g/mol. The summed E-state index contributed by atoms with van der Waals surface area (Å²) in [6.07, 6.45) is 1.91. The van der Waals surface area contributed by atoms with Crippen LogP contribution < -0.4 is 0 Å². The average Bonchev–Trinajstić information content (AvgIpc) is 2.73. The van der Waals surface area contributed by atoms with Crippen molar-refractivity contribution in [3.8, 4) is 0 Å². The molecule has 5 nitrogen and oxygen atoms in total. The summed E-state index contributed by atoms with van der Waals surface area (Å²) in [4.78, 5) is 21.7. The molecule has 0 saturated heterocycles. The smallest absolute Gasteiger partial charge is 0.377 e. The normalized spacial score (nSPS) is 22.2. The number of carbonyl (C=O) groups is 1. The van der Waals surface area contributed by atoms with E-state index >= 15 is 0 Å². The van der Waals surface area contributed by atoms with Gasteiger partial charge in [-0.1, -0.05) is 40.1 Å². The molecule has 0 fully saturated rings. The minimum absolute atomic E-state index is 0.423. The lowest BCUT2D eigenvalue weighted by atomic mass is 10.0. The van der Waals surface area contributed by atoms with Crippen LogP contribution in [0.15, 0.2) is 34.6 Å². The molecule has 1 aliphatic rings. The molecule has 5 heteroatoms. The Labute approximate surface area is 111 Å². The van der Waals surface area contributed by atoms with Crippen LogP contribution in [0.3, 0.4) is 0 Å². The second-order valence-corrected chi connectivity index (χ2v) is 4.85. The van der Waals surface area contributed by atoms with Crippen LogP contribution in [0.1, 0.15) is 31.4 Å². The Hall–Kier alpha value is -2.17. The highest BCUT2D eigenvalue weighted by atomic mass is 16.7. The second kappa shape index (κ2) is 5.22. The van der Waals surface area contributed by atoms with Gasteiger partial charge in [0.1, 0.15) is 0 Å². The van der Waals surface area contributed by atoms with Gasteiger partial charge in [-0.3, -0.25) is 0 Å². The van der Waals surface area contributed by atoms with E-state index in [4.69, 9.17) is 9.68 Å². The molecule has 1 atom stereocenters. The summed E-state index contributed by atoms with van der Waals surface area (Å²) < 4.78 is 0. The molecule has 0 bridgehead atoms. The van der Waals surface area contributed by atoms with Gasteiger partial charge in [-0.2, -0.15) is 0 Å². The number of aryl methyl sites for hydroxylation is 1. The van der Waals surface area contributed by atoms with Gasteiger partial charge in [0.25, 0.3) is 0 Å². The molecule has 0 spiro atoms. The van der Waals surface area contributed by atoms with Crippen molar-refractivity contribution in [1.29, 1.82) is 0 Å². The lowest BCUT2D eigenvalue weighted by Gasteiger charge is -2.16. The Kier molecular flexibility index (Phi) is 3.64. The van der Waals surface area contributed by atoms with Crippen molar-refractivity contribution in [2.45, 2.75) is 32.8 Å². The number of benzene rings is 1. The van der Waals surface area contributed by atoms with Gasteiger partial charge in [-0.15, -0.1) is 0 Å². The monoisotopic (exact) mass is 260 g/mol. The zero-order valence-electron chi connectivity index (χ0n) is 11.2. The van der Waals surface area contributed by atoms with E-state index in [1.54, 1.807) is 13.8 Å². The van der Waals surface area contributed by atoms with Gasteiger partial charge in [0.05, 0.1) is 11.9 Å². The highest BCUT2D eigenvalue weighted by Crippen LogP contribution is 2.24. The lowest BCUT2D eigenvalue weighted by molar-refractivity contribution is -0.167. The molecule has 0 radical (unpaired) electrons. The van der Waals surface area contributed by atoms with Crippen molar-refractivity contribution in [2.75, 3.05) is 0 Å². The number of hydrogen-bond acceptors (Lipinski definition) is 5. The molecule has 19 heavy (non-hydrogen) atoms. The van der Waals surface area contributed by atoms with Crippen molar-refractivity contribution in [3.63, 3.8) is 0 Å². The number of carbonyl (C=O) groups excluding carboxylic acids is 1. The van der Waals surface area contributed by atoms with Crippen LogP contribution in [0.25, 0.3) is 0 Å². The fourth-order valence-corrected chi connectivity index (χ4v) is 1.72. The molecular weight excluding hydrogens is 244 g/mol. The molecule has 1 aromatic carbocycles. The van der Waals surface area contributed by atoms with Gasteiger partial charge in [0.15, 0.2) is 0 Å². The van der Waals surface area contributed by atoms with E-state index in [0.717, 1.165) is 16.8 Å². The fraction of sp³-hybridized carbons (Fsp3) is 0.357. The first-order chi connectivity index (χ1) is 8.99. The molecule has 1 unspecified atom stereocenters. The van der Waals surface area contributed by atoms with Crippen LogP contribution in [0.2, 0.25) is 0 Å². The molecule has 0 aliphatic carbocycles. The Morgan fingerprint density at radius 2 is 2.11 bits per heavy atom. The van der Waals surface area contributed by atoms with Crippen molar-refractivity contribution in [2.24, 2.45) is 10.3 Å². The highest BCUT2D eigenvalue weighted by Gasteiger charge is 2.42. The number of oxime groups is 2. The third-order valence-corrected chi connectivity index (χ3v) is 2.84. The van der Waals surface area contributed by atoms with Crippen LogP contribution in [0.5, 0.6) is 0 Å². The van der Waals surface area contributed by atoms with Gasteiger partial charge in [-0.05, 0) is 26.3 Å². The second-order valence-electron chi connectivity index (χ2n) is 4.85. The maximum absolute atomic E-state index is 11.8. The van der Waals surface area contributed by atoms with E-state index in [-0.39, 0.29) is 0 Å². The summed E-state index contributed by atoms with van der Waals surface area (Å²) in [6.45, 7) is 5.44. The molecule has 2 rings (SSSR count). The van der Waals surface area contributed by atoms with Gasteiger partial charge in [-0.25, -0.2) is 4.79 Å². The van der Waals surface area contributed by atoms with Gasteiger partial charge < -0.3 is 9.68 Å². The molecule has 1 heterocycles. The van der Waals surface area contributed by atoms with E-state index in [9.17, 15) is 4.79 Å². The predicted octanol–water partition coefficient (Wildman–Crippen LogP) is 2.43. The zero-order valence-corrected chi connectivity index (χ0v) is 11.2. The van der Waals surface area contributed by atoms with Crippen molar-refractivity contribution < 1.29 is 14.5 Å². The van der Waals surface area contributed by atoms with E-state index < -0.39 is 11.6 Å². The number of nitrogens with zero attached hydrogens (tertiary/aromatic N) is 2. The topological polar surface area (TPSA) is 60.2 Å². The largest absolute Gasteiger partial charge is 0.381 e. The summed E-state index contributed by atoms with van der Waals surface area (Å²) >= 11 is 0. The summed E-state index contributed by atoms with van der Waals surface area (Å²) in [5.74, 6) is -0.545. The Morgan fingerprint density at radius 3 is 2.68 bits per heavy atom. The summed E-state index contributed by atoms with van der Waals surface area (Å²) in [5.41, 5.74) is 1.73. The van der Waals surface area contributed by atoms with Gasteiger partial charge in [0, 0.05) is 6.42 Å². The van der Waals surface area contributed by atoms with E-state index in [2.05, 4.69) is 10.3 Å². The molecule has 0 saturated carbocycles. The van der Waals surface area contributed by atoms with Gasteiger partial charge in [0.2, 0.25) is 5.60 Å². The Balaban J connectivity index is 1.92. The zero-order chi connectivity index (χ0) is 13.9. The lowest BCUT2D eigenvalue weighted by Crippen LogP contribution is -2.36. The Bertz CT molecular complexity index is 534. The summed E-state index contributed by atoms with van der Waals surface area (Å²) in [6, 6.07) is 7.71. The van der Waals surface area contributed by atoms with Crippen molar-refractivity contribution >= 4 is 17.9 Å². The SMILES string of the molecule is CC1=NOC(C)(C(=O)O/N=C/c2ccc(C)cc2)C1. The van der Waals surface area contributed by atoms with Gasteiger partial charge >= 0.3 is 5.97 Å². The fourth-order valence-electron chi connectivity index (χ4n) is 1.72. The standard InChI is InChI=1S/C14H16N2O3/c1-10-4-6-12(7-5-10)9-15-18-13(17)14(3)8-11(2)16-19-14/h4-7,9H,8H2,1-3H3/b15-9+. The molecular formula is C14H16N2O3. The molecule has 0 amide bonds. The molecule has 1 aliphatic heterocycles. The first-order valence-corrected chi connectivity index (χ1v) is 6.03.